The number of anilines is 1. The largest absolute Gasteiger partial charge is 0.393 e. The minimum Gasteiger partial charge on any atom is -0.393 e. The van der Waals surface area contributed by atoms with Gasteiger partial charge in [-0.1, -0.05) is 31.4 Å². The highest BCUT2D eigenvalue weighted by Gasteiger charge is 2.61. The lowest BCUT2D eigenvalue weighted by Crippen LogP contribution is -2.49. The number of benzene rings is 1. The molecular weight excluding hydrogens is 512 g/mol. The van der Waals surface area contributed by atoms with E-state index in [1.54, 1.807) is 25.6 Å². The van der Waals surface area contributed by atoms with Gasteiger partial charge in [0.1, 0.15) is 12.1 Å². The normalized spacial score (nSPS) is 31.2. The van der Waals surface area contributed by atoms with E-state index in [9.17, 15) is 19.8 Å². The highest BCUT2D eigenvalue weighted by atomic mass is 32.1. The van der Waals surface area contributed by atoms with Crippen molar-refractivity contribution in [2.45, 2.75) is 50.5 Å². The van der Waals surface area contributed by atoms with E-state index in [2.05, 4.69) is 34.1 Å². The van der Waals surface area contributed by atoms with Crippen LogP contribution in [0.25, 0.3) is 10.1 Å². The maximum absolute atomic E-state index is 12.0. The lowest BCUT2D eigenvalue weighted by atomic mass is 9.72. The Morgan fingerprint density at radius 2 is 1.87 bits per heavy atom. The standard InChI is InChI=1S/C18H25N3S.C12H19NO4/c1-2-6-15(7-3-1)14-20-10-12-21(13-11-20)18-16-8-4-5-9-17(16)22-19-18;1-13(2)11(16)10-7-3-9(8(10)5-14)12(17,4-7)6-15/h4-5,8-9,15H,1-3,6-7,10-14H2;5,7-10,15,17H,3-4,6H2,1-2H3. The second-order valence-electron chi connectivity index (χ2n) is 12.3. The zero-order chi connectivity index (χ0) is 27.6. The summed E-state index contributed by atoms with van der Waals surface area (Å²) < 4.78 is 6.02. The number of carbonyl (C=O) groups is 2. The Hall–Kier alpha value is -2.07. The minimum atomic E-state index is -1.17. The van der Waals surface area contributed by atoms with Crippen LogP contribution < -0.4 is 4.90 Å². The van der Waals surface area contributed by atoms with E-state index in [-0.39, 0.29) is 30.3 Å². The third-order valence-corrected chi connectivity index (χ3v) is 10.5. The smallest absolute Gasteiger partial charge is 0.226 e. The van der Waals surface area contributed by atoms with Gasteiger partial charge in [0.15, 0.2) is 0 Å². The van der Waals surface area contributed by atoms with Crippen molar-refractivity contribution < 1.29 is 19.8 Å². The molecule has 0 radical (unpaired) electrons. The summed E-state index contributed by atoms with van der Waals surface area (Å²) in [6.45, 7) is 5.64. The SMILES string of the molecule is CN(C)C(=O)C1C2CC(C1C=O)C(O)(CO)C2.c1ccc2c(N3CCN(CC4CCCCC4)CC3)nsc2c1. The molecule has 9 heteroatoms. The van der Waals surface area contributed by atoms with E-state index < -0.39 is 11.5 Å². The fourth-order valence-electron chi connectivity index (χ4n) is 7.59. The summed E-state index contributed by atoms with van der Waals surface area (Å²) in [5.74, 6) is 1.08. The van der Waals surface area contributed by atoms with Crippen molar-refractivity contribution in [2.75, 3.05) is 58.3 Å². The van der Waals surface area contributed by atoms with E-state index in [4.69, 9.17) is 4.37 Å². The summed E-state index contributed by atoms with van der Waals surface area (Å²) in [5, 5.41) is 20.8. The molecule has 1 aromatic carbocycles. The van der Waals surface area contributed by atoms with Gasteiger partial charge < -0.3 is 24.8 Å². The monoisotopic (exact) mass is 556 g/mol. The molecule has 1 saturated heterocycles. The van der Waals surface area contributed by atoms with E-state index in [1.165, 1.54) is 72.5 Å². The number of aldehydes is 1. The van der Waals surface area contributed by atoms with Gasteiger partial charge in [-0.25, -0.2) is 0 Å². The summed E-state index contributed by atoms with van der Waals surface area (Å²) >= 11 is 1.63. The van der Waals surface area contributed by atoms with Crippen molar-refractivity contribution in [3.8, 4) is 0 Å². The number of aromatic nitrogens is 1. The molecule has 0 spiro atoms. The molecule has 1 amide bonds. The Morgan fingerprint density at radius 3 is 2.54 bits per heavy atom. The Balaban J connectivity index is 0.000000164. The summed E-state index contributed by atoms with van der Waals surface area (Å²) in [6.07, 6.45) is 9.13. The van der Waals surface area contributed by atoms with Crippen molar-refractivity contribution >= 4 is 39.6 Å². The van der Waals surface area contributed by atoms with Gasteiger partial charge in [0, 0.05) is 64.0 Å². The van der Waals surface area contributed by atoms with Crippen LogP contribution in [0.4, 0.5) is 5.82 Å². The van der Waals surface area contributed by atoms with Crippen LogP contribution in [0.5, 0.6) is 0 Å². The molecule has 3 saturated carbocycles. The van der Waals surface area contributed by atoms with Crippen LogP contribution in [0.15, 0.2) is 24.3 Å². The molecule has 2 aromatic rings. The Morgan fingerprint density at radius 1 is 1.15 bits per heavy atom. The molecule has 2 bridgehead atoms. The number of amides is 1. The molecule has 2 heterocycles. The third-order valence-electron chi connectivity index (χ3n) is 9.68. The molecule has 5 unspecified atom stereocenters. The molecule has 5 atom stereocenters. The average Bonchev–Trinajstić information content (AvgIpc) is 3.65. The Kier molecular flexibility index (Phi) is 8.91. The molecule has 1 aliphatic heterocycles. The van der Waals surface area contributed by atoms with E-state index in [1.807, 2.05) is 0 Å². The number of rotatable bonds is 6. The molecule has 4 aliphatic rings. The van der Waals surface area contributed by atoms with Crippen molar-refractivity contribution in [2.24, 2.45) is 29.6 Å². The second kappa shape index (κ2) is 12.2. The van der Waals surface area contributed by atoms with Crippen LogP contribution in [0.3, 0.4) is 0 Å². The Labute approximate surface area is 236 Å². The Bertz CT molecular complexity index is 1130. The number of aliphatic hydroxyl groups excluding tert-OH is 1. The van der Waals surface area contributed by atoms with Gasteiger partial charge >= 0.3 is 0 Å². The molecule has 8 nitrogen and oxygen atoms in total. The molecule has 4 fully saturated rings. The van der Waals surface area contributed by atoms with E-state index in [0.717, 1.165) is 25.3 Å². The summed E-state index contributed by atoms with van der Waals surface area (Å²) in [4.78, 5) is 29.9. The first kappa shape index (κ1) is 28.5. The third kappa shape index (κ3) is 5.87. The first-order valence-corrected chi connectivity index (χ1v) is 15.4. The summed E-state index contributed by atoms with van der Waals surface area (Å²) in [6, 6.07) is 8.62. The van der Waals surface area contributed by atoms with Gasteiger partial charge in [0.25, 0.3) is 0 Å². The number of fused-ring (bicyclic) bond motifs is 3. The van der Waals surface area contributed by atoms with E-state index in [0.29, 0.717) is 12.8 Å². The fourth-order valence-corrected chi connectivity index (χ4v) is 8.39. The molecule has 2 N–H and O–H groups in total. The highest BCUT2D eigenvalue weighted by Crippen LogP contribution is 2.56. The number of hydrogen-bond donors (Lipinski definition) is 2. The van der Waals surface area contributed by atoms with Crippen LogP contribution in [0, 0.1) is 29.6 Å². The molecule has 39 heavy (non-hydrogen) atoms. The van der Waals surface area contributed by atoms with Crippen molar-refractivity contribution in [3.05, 3.63) is 24.3 Å². The van der Waals surface area contributed by atoms with Gasteiger partial charge in [0.05, 0.1) is 22.8 Å². The molecule has 1 aromatic heterocycles. The number of aliphatic hydroxyl groups is 2. The first-order valence-electron chi connectivity index (χ1n) is 14.7. The second-order valence-corrected chi connectivity index (χ2v) is 13.1. The highest BCUT2D eigenvalue weighted by molar-refractivity contribution is 7.13. The van der Waals surface area contributed by atoms with Gasteiger partial charge in [-0.3, -0.25) is 9.69 Å². The zero-order valence-corrected chi connectivity index (χ0v) is 24.2. The predicted molar refractivity (Wildman–Crippen MR) is 155 cm³/mol. The first-order chi connectivity index (χ1) is 18.8. The van der Waals surface area contributed by atoms with Crippen molar-refractivity contribution in [1.29, 1.82) is 0 Å². The summed E-state index contributed by atoms with van der Waals surface area (Å²) in [7, 11) is 3.35. The minimum absolute atomic E-state index is 0.0160. The van der Waals surface area contributed by atoms with Gasteiger partial charge in [-0.15, -0.1) is 0 Å². The van der Waals surface area contributed by atoms with Crippen molar-refractivity contribution in [3.63, 3.8) is 0 Å². The molecule has 3 aliphatic carbocycles. The number of hydrogen-bond acceptors (Lipinski definition) is 8. The quantitative estimate of drug-likeness (QED) is 0.527. The van der Waals surface area contributed by atoms with Crippen LogP contribution in [-0.4, -0.2) is 95.6 Å². The predicted octanol–water partition coefficient (Wildman–Crippen LogP) is 3.27. The lowest BCUT2D eigenvalue weighted by Gasteiger charge is -2.38. The van der Waals surface area contributed by atoms with Gasteiger partial charge in [0.2, 0.25) is 5.91 Å². The van der Waals surface area contributed by atoms with Crippen LogP contribution in [0.1, 0.15) is 44.9 Å². The zero-order valence-electron chi connectivity index (χ0n) is 23.4. The topological polar surface area (TPSA) is 97.2 Å². The maximum Gasteiger partial charge on any atom is 0.226 e. The fraction of sp³-hybridized carbons (Fsp3) is 0.700. The number of nitrogens with zero attached hydrogens (tertiary/aromatic N) is 4. The van der Waals surface area contributed by atoms with E-state index >= 15 is 0 Å². The lowest BCUT2D eigenvalue weighted by molar-refractivity contribution is -0.146. The van der Waals surface area contributed by atoms with Crippen LogP contribution >= 0.6 is 11.5 Å². The molecular formula is C30H44N4O4S. The van der Waals surface area contributed by atoms with Crippen LogP contribution in [-0.2, 0) is 9.59 Å². The van der Waals surface area contributed by atoms with Gasteiger partial charge in [-0.05, 0) is 61.2 Å². The maximum atomic E-state index is 12.0. The number of carbonyl (C=O) groups excluding carboxylic acids is 2. The average molecular weight is 557 g/mol. The van der Waals surface area contributed by atoms with Gasteiger partial charge in [-0.2, -0.15) is 4.37 Å². The summed E-state index contributed by atoms with van der Waals surface area (Å²) in [5.41, 5.74) is -1.17. The van der Waals surface area contributed by atoms with Crippen LogP contribution in [0.2, 0.25) is 0 Å². The number of piperazine rings is 1. The van der Waals surface area contributed by atoms with Crippen molar-refractivity contribution in [1.82, 2.24) is 14.2 Å². The molecule has 6 rings (SSSR count). The molecule has 214 valence electrons.